The van der Waals surface area contributed by atoms with E-state index in [0.29, 0.717) is 16.7 Å². The number of aromatic nitrogens is 2. The molecule has 0 radical (unpaired) electrons. The summed E-state index contributed by atoms with van der Waals surface area (Å²) in [4.78, 5) is 0. The van der Waals surface area contributed by atoms with Gasteiger partial charge in [0.25, 0.3) is 0 Å². The predicted molar refractivity (Wildman–Crippen MR) is 175 cm³/mol. The largest absolute Gasteiger partial charge is 0.309 e. The number of hydrogen-bond donors (Lipinski definition) is 0. The highest BCUT2D eigenvalue weighted by atomic mass is 15.0. The molecular formula is C39H21N5. The van der Waals surface area contributed by atoms with Crippen LogP contribution in [0.3, 0.4) is 0 Å². The van der Waals surface area contributed by atoms with E-state index in [1.165, 1.54) is 0 Å². The topological polar surface area (TPSA) is 81.2 Å². The summed E-state index contributed by atoms with van der Waals surface area (Å²) in [7, 11) is 0. The molecule has 0 N–H and O–H groups in total. The summed E-state index contributed by atoms with van der Waals surface area (Å²) in [6, 6.07) is 49.1. The van der Waals surface area contributed by atoms with E-state index in [0.717, 1.165) is 66.1 Å². The molecule has 0 amide bonds. The number of nitrogens with zero attached hydrogens (tertiary/aromatic N) is 5. The van der Waals surface area contributed by atoms with Gasteiger partial charge in [-0.1, -0.05) is 60.7 Å². The summed E-state index contributed by atoms with van der Waals surface area (Å²) < 4.78 is 4.46. The fourth-order valence-corrected chi connectivity index (χ4v) is 6.51. The Morgan fingerprint density at radius 1 is 0.364 bits per heavy atom. The molecule has 6 aromatic carbocycles. The molecule has 5 heteroatoms. The lowest BCUT2D eigenvalue weighted by Crippen LogP contribution is -2.02. The van der Waals surface area contributed by atoms with Crippen LogP contribution >= 0.6 is 0 Å². The Bertz CT molecular complexity index is 2600. The number of para-hydroxylation sites is 3. The Kier molecular flexibility index (Phi) is 5.56. The van der Waals surface area contributed by atoms with Crippen molar-refractivity contribution in [2.24, 2.45) is 0 Å². The van der Waals surface area contributed by atoms with Crippen molar-refractivity contribution >= 4 is 43.6 Å². The molecule has 2 heterocycles. The highest BCUT2D eigenvalue weighted by Crippen LogP contribution is 2.41. The van der Waals surface area contributed by atoms with Gasteiger partial charge in [0.1, 0.15) is 0 Å². The molecule has 8 aromatic rings. The van der Waals surface area contributed by atoms with Gasteiger partial charge in [-0.25, -0.2) is 0 Å². The van der Waals surface area contributed by atoms with Crippen LogP contribution in [-0.4, -0.2) is 9.13 Å². The van der Waals surface area contributed by atoms with Gasteiger partial charge in [-0.2, -0.15) is 15.8 Å². The highest BCUT2D eigenvalue weighted by Gasteiger charge is 2.20. The summed E-state index contributed by atoms with van der Waals surface area (Å²) in [6.45, 7) is 0. The van der Waals surface area contributed by atoms with Crippen molar-refractivity contribution < 1.29 is 0 Å². The minimum atomic E-state index is 0.557. The molecule has 44 heavy (non-hydrogen) atoms. The van der Waals surface area contributed by atoms with Crippen LogP contribution in [0, 0.1) is 34.0 Å². The Hall–Kier alpha value is -6.61. The van der Waals surface area contributed by atoms with Crippen LogP contribution in [0.2, 0.25) is 0 Å². The normalized spacial score (nSPS) is 11.1. The predicted octanol–water partition coefficient (Wildman–Crippen LogP) is 9.16. The molecule has 0 aliphatic heterocycles. The molecule has 5 nitrogen and oxygen atoms in total. The van der Waals surface area contributed by atoms with E-state index in [1.807, 2.05) is 91.0 Å². The average molecular weight is 560 g/mol. The Morgan fingerprint density at radius 2 is 0.795 bits per heavy atom. The molecule has 0 aliphatic rings. The zero-order chi connectivity index (χ0) is 29.8. The third-order valence-corrected chi connectivity index (χ3v) is 8.41. The van der Waals surface area contributed by atoms with E-state index >= 15 is 0 Å². The standard InChI is InChI=1S/C39H21N5/c40-22-25-14-17-37-32(19-25)29-8-2-5-11-35(29)43(37)34-10-4-1-7-28(34)31-16-13-27(24-42)21-39(31)44-36-12-6-3-9-30(36)33-20-26(23-41)15-18-38(33)44/h1-21H. The molecule has 202 valence electrons. The van der Waals surface area contributed by atoms with Crippen LogP contribution in [0.15, 0.2) is 127 Å². The lowest BCUT2D eigenvalue weighted by atomic mass is 9.99. The zero-order valence-corrected chi connectivity index (χ0v) is 23.4. The van der Waals surface area contributed by atoms with Crippen LogP contribution in [0.1, 0.15) is 16.7 Å². The first-order chi connectivity index (χ1) is 21.7. The van der Waals surface area contributed by atoms with Gasteiger partial charge in [-0.3, -0.25) is 0 Å². The number of rotatable bonds is 3. The monoisotopic (exact) mass is 559 g/mol. The Labute approximate surface area is 252 Å². The van der Waals surface area contributed by atoms with Crippen LogP contribution in [0.4, 0.5) is 0 Å². The second-order valence-electron chi connectivity index (χ2n) is 10.8. The fraction of sp³-hybridized carbons (Fsp3) is 0. The molecule has 0 unspecified atom stereocenters. The number of benzene rings is 6. The third kappa shape index (κ3) is 3.63. The summed E-state index contributed by atoms with van der Waals surface area (Å²) in [5, 5.41) is 33.4. The molecule has 0 bridgehead atoms. The fourth-order valence-electron chi connectivity index (χ4n) is 6.51. The first kappa shape index (κ1) is 25.1. The third-order valence-electron chi connectivity index (χ3n) is 8.41. The van der Waals surface area contributed by atoms with Crippen molar-refractivity contribution in [1.82, 2.24) is 9.13 Å². The molecule has 0 aliphatic carbocycles. The average Bonchev–Trinajstić information content (AvgIpc) is 3.60. The van der Waals surface area contributed by atoms with Crippen molar-refractivity contribution in [2.75, 3.05) is 0 Å². The van der Waals surface area contributed by atoms with Crippen molar-refractivity contribution in [3.63, 3.8) is 0 Å². The van der Waals surface area contributed by atoms with Crippen LogP contribution in [-0.2, 0) is 0 Å². The second-order valence-corrected chi connectivity index (χ2v) is 10.8. The van der Waals surface area contributed by atoms with Crippen LogP contribution < -0.4 is 0 Å². The number of hydrogen-bond acceptors (Lipinski definition) is 3. The first-order valence-corrected chi connectivity index (χ1v) is 14.2. The maximum absolute atomic E-state index is 9.98. The molecule has 2 aromatic heterocycles. The van der Waals surface area contributed by atoms with Gasteiger partial charge in [-0.05, 0) is 66.7 Å². The molecule has 0 saturated carbocycles. The Balaban J connectivity index is 1.48. The van der Waals surface area contributed by atoms with Gasteiger partial charge in [0, 0.05) is 32.7 Å². The van der Waals surface area contributed by atoms with Crippen molar-refractivity contribution in [2.45, 2.75) is 0 Å². The van der Waals surface area contributed by atoms with E-state index in [4.69, 9.17) is 0 Å². The minimum absolute atomic E-state index is 0.557. The summed E-state index contributed by atoms with van der Waals surface area (Å²) >= 11 is 0. The quantitative estimate of drug-likeness (QED) is 0.216. The minimum Gasteiger partial charge on any atom is -0.309 e. The molecule has 0 atom stereocenters. The second kappa shape index (κ2) is 9.74. The lowest BCUT2D eigenvalue weighted by Gasteiger charge is -2.18. The van der Waals surface area contributed by atoms with Crippen LogP contribution in [0.25, 0.3) is 66.1 Å². The molecule has 8 rings (SSSR count). The van der Waals surface area contributed by atoms with Gasteiger partial charge >= 0.3 is 0 Å². The molecule has 0 fully saturated rings. The van der Waals surface area contributed by atoms with E-state index in [1.54, 1.807) is 0 Å². The maximum atomic E-state index is 9.98. The molecule has 0 saturated heterocycles. The van der Waals surface area contributed by atoms with Gasteiger partial charge in [-0.15, -0.1) is 0 Å². The Morgan fingerprint density at radius 3 is 1.39 bits per heavy atom. The van der Waals surface area contributed by atoms with E-state index in [2.05, 4.69) is 63.7 Å². The summed E-state index contributed by atoms with van der Waals surface area (Å²) in [6.07, 6.45) is 0. The van der Waals surface area contributed by atoms with Crippen molar-refractivity contribution in [3.8, 4) is 40.7 Å². The van der Waals surface area contributed by atoms with Gasteiger partial charge in [0.2, 0.25) is 0 Å². The van der Waals surface area contributed by atoms with Gasteiger partial charge in [0.05, 0.1) is 68.3 Å². The van der Waals surface area contributed by atoms with Gasteiger partial charge < -0.3 is 9.13 Å². The first-order valence-electron chi connectivity index (χ1n) is 14.2. The maximum Gasteiger partial charge on any atom is 0.0992 e. The van der Waals surface area contributed by atoms with E-state index in [9.17, 15) is 15.8 Å². The molecule has 0 spiro atoms. The number of fused-ring (bicyclic) bond motifs is 6. The van der Waals surface area contributed by atoms with E-state index in [-0.39, 0.29) is 0 Å². The van der Waals surface area contributed by atoms with Gasteiger partial charge in [0.15, 0.2) is 0 Å². The summed E-state index contributed by atoms with van der Waals surface area (Å²) in [5.74, 6) is 0. The molecular weight excluding hydrogens is 538 g/mol. The van der Waals surface area contributed by atoms with Crippen molar-refractivity contribution in [1.29, 1.82) is 15.8 Å². The SMILES string of the molecule is N#Cc1ccc(-c2ccccc2-n2c3ccccc3c3cc(C#N)ccc32)c(-n2c3ccccc3c3cc(C#N)ccc32)c1. The van der Waals surface area contributed by atoms with E-state index < -0.39 is 0 Å². The summed E-state index contributed by atoms with van der Waals surface area (Å²) in [5.41, 5.74) is 9.60. The zero-order valence-electron chi connectivity index (χ0n) is 23.4. The highest BCUT2D eigenvalue weighted by molar-refractivity contribution is 6.11. The smallest absolute Gasteiger partial charge is 0.0992 e. The lowest BCUT2D eigenvalue weighted by molar-refractivity contribution is 1.16. The van der Waals surface area contributed by atoms with Crippen molar-refractivity contribution in [3.05, 3.63) is 144 Å². The van der Waals surface area contributed by atoms with Crippen LogP contribution in [0.5, 0.6) is 0 Å². The number of nitriles is 3.